The van der Waals surface area contributed by atoms with E-state index in [9.17, 15) is 25.3 Å². The Kier molecular flexibility index (Phi) is 11.0. The summed E-state index contributed by atoms with van der Waals surface area (Å²) in [5.41, 5.74) is 2.28. The molecular weight excluding hydrogens is 660 g/mol. The summed E-state index contributed by atoms with van der Waals surface area (Å²) in [6.45, 7) is -0.136. The van der Waals surface area contributed by atoms with E-state index in [4.69, 9.17) is 38.4 Å². The molecule has 12 nitrogen and oxygen atoms in total. The summed E-state index contributed by atoms with van der Waals surface area (Å²) < 4.78 is 104. The van der Waals surface area contributed by atoms with Crippen LogP contribution in [0.5, 0.6) is 34.5 Å². The van der Waals surface area contributed by atoms with E-state index in [0.717, 1.165) is 18.8 Å². The van der Waals surface area contributed by atoms with E-state index in [2.05, 4.69) is 11.8 Å². The topological polar surface area (TPSA) is 158 Å². The van der Waals surface area contributed by atoms with Crippen molar-refractivity contribution < 1.29 is 52.0 Å². The van der Waals surface area contributed by atoms with Crippen LogP contribution in [0.4, 0.5) is 0 Å². The summed E-state index contributed by atoms with van der Waals surface area (Å²) in [4.78, 5) is 0. The van der Waals surface area contributed by atoms with Crippen molar-refractivity contribution in [3.8, 4) is 68.6 Å². The van der Waals surface area contributed by atoms with Gasteiger partial charge in [-0.05, 0) is 47.5 Å². The van der Waals surface area contributed by atoms with Gasteiger partial charge in [0.25, 0.3) is 0 Å². The Balaban J connectivity index is 2.28. The van der Waals surface area contributed by atoms with E-state index in [1.54, 1.807) is 0 Å². The van der Waals surface area contributed by atoms with E-state index >= 15 is 0 Å². The van der Waals surface area contributed by atoms with Crippen LogP contribution in [0.3, 0.4) is 0 Å². The summed E-state index contributed by atoms with van der Waals surface area (Å²) in [5.74, 6) is 4.92. The molecule has 16 heteroatoms. The van der Waals surface area contributed by atoms with Crippen molar-refractivity contribution in [2.75, 3.05) is 39.6 Å². The van der Waals surface area contributed by atoms with Crippen LogP contribution >= 0.6 is 11.6 Å². The second-order valence-electron chi connectivity index (χ2n) is 8.81. The lowest BCUT2D eigenvalue weighted by Gasteiger charge is -2.21. The number of allylic oxidation sites excluding steroid dienone is 1. The molecule has 236 valence electrons. The fourth-order valence-corrected chi connectivity index (χ4v) is 5.26. The molecule has 3 aromatic rings. The lowest BCUT2D eigenvalue weighted by Crippen LogP contribution is -2.10. The van der Waals surface area contributed by atoms with Gasteiger partial charge in [-0.2, -0.15) is 25.3 Å². The van der Waals surface area contributed by atoms with Crippen molar-refractivity contribution in [2.45, 2.75) is 0 Å². The molecule has 44 heavy (non-hydrogen) atoms. The maximum atomic E-state index is 12.4. The maximum Gasteiger partial charge on any atom is 0.306 e. The largest absolute Gasteiger partial charge is 0.496 e. The first kappa shape index (κ1) is 34.4. The van der Waals surface area contributed by atoms with Gasteiger partial charge in [-0.15, -0.1) is 0 Å². The van der Waals surface area contributed by atoms with Crippen molar-refractivity contribution in [3.05, 3.63) is 60.1 Å². The van der Waals surface area contributed by atoms with Gasteiger partial charge in [-0.25, -0.2) is 0 Å². The SMILES string of the molecule is COc1cc(-c2ccc(OS(C)(=O)=O)cc2)c(OC)c(OS(C)(=O)=O)c1-c1ccc(OCC#CC=CCl)c(OS(C)(=O)=O)c1. The standard InChI is InChI=1S/C28H27ClO12S3/c1-36-25-18-22(19-9-12-21(13-10-19)39-42(3,30)31)27(37-2)28(41-44(5,34)35)26(25)20-11-14-23(38-16-8-6-7-15-29)24(17-20)40-43(4,32)33/h7,9-15,17-18H,16H2,1-5H3. The van der Waals surface area contributed by atoms with Crippen LogP contribution in [0.1, 0.15) is 0 Å². The number of hydrogen-bond donors (Lipinski definition) is 0. The fraction of sp³-hybridized carbons (Fsp3) is 0.214. The molecular formula is C28H27ClO12S3. The Morgan fingerprint density at radius 2 is 1.32 bits per heavy atom. The first-order valence-electron chi connectivity index (χ1n) is 12.1. The second-order valence-corrected chi connectivity index (χ2v) is 13.8. The van der Waals surface area contributed by atoms with Gasteiger partial charge in [0.15, 0.2) is 23.0 Å². The summed E-state index contributed by atoms with van der Waals surface area (Å²) in [6.07, 6.45) is 3.97. The number of rotatable bonds is 12. The average molecular weight is 687 g/mol. The third-order valence-electron chi connectivity index (χ3n) is 5.29. The number of halogens is 1. The van der Waals surface area contributed by atoms with E-state index in [1.165, 1.54) is 74.4 Å². The lowest BCUT2D eigenvalue weighted by atomic mass is 9.96. The molecule has 0 aliphatic rings. The molecule has 0 saturated carbocycles. The zero-order valence-electron chi connectivity index (χ0n) is 24.0. The Labute approximate surface area is 261 Å². The zero-order valence-corrected chi connectivity index (χ0v) is 27.2. The van der Waals surface area contributed by atoms with Gasteiger partial charge in [0.1, 0.15) is 18.1 Å². The number of hydrogen-bond acceptors (Lipinski definition) is 12. The molecule has 0 bridgehead atoms. The maximum absolute atomic E-state index is 12.4. The third-order valence-corrected chi connectivity index (χ3v) is 6.87. The van der Waals surface area contributed by atoms with Crippen molar-refractivity contribution in [1.82, 2.24) is 0 Å². The fourth-order valence-electron chi connectivity index (χ4n) is 3.82. The van der Waals surface area contributed by atoms with Crippen LogP contribution in [0.2, 0.25) is 0 Å². The van der Waals surface area contributed by atoms with Crippen LogP contribution in [-0.4, -0.2) is 64.8 Å². The van der Waals surface area contributed by atoms with Crippen LogP contribution in [0, 0.1) is 11.8 Å². The second kappa shape index (κ2) is 14.1. The van der Waals surface area contributed by atoms with Gasteiger partial charge in [0.2, 0.25) is 0 Å². The van der Waals surface area contributed by atoms with E-state index in [0.29, 0.717) is 11.1 Å². The van der Waals surface area contributed by atoms with Crippen LogP contribution in [0.15, 0.2) is 60.1 Å². The van der Waals surface area contributed by atoms with Crippen LogP contribution in [0.25, 0.3) is 22.3 Å². The molecule has 0 fully saturated rings. The van der Waals surface area contributed by atoms with Crippen molar-refractivity contribution >= 4 is 42.0 Å². The lowest BCUT2D eigenvalue weighted by molar-refractivity contribution is 0.354. The van der Waals surface area contributed by atoms with Crippen molar-refractivity contribution in [2.24, 2.45) is 0 Å². The number of methoxy groups -OCH3 is 2. The Morgan fingerprint density at radius 1 is 0.705 bits per heavy atom. The Bertz CT molecular complexity index is 1940. The van der Waals surface area contributed by atoms with Gasteiger partial charge < -0.3 is 26.8 Å². The average Bonchev–Trinajstić information content (AvgIpc) is 2.91. The van der Waals surface area contributed by atoms with Gasteiger partial charge in [0.05, 0.1) is 38.6 Å². The highest BCUT2D eigenvalue weighted by atomic mass is 35.5. The van der Waals surface area contributed by atoms with Crippen molar-refractivity contribution in [1.29, 1.82) is 0 Å². The minimum Gasteiger partial charge on any atom is -0.496 e. The van der Waals surface area contributed by atoms with E-state index in [-0.39, 0.29) is 52.2 Å². The monoisotopic (exact) mass is 686 g/mol. The van der Waals surface area contributed by atoms with Crippen molar-refractivity contribution in [3.63, 3.8) is 0 Å². The van der Waals surface area contributed by atoms with Gasteiger partial charge in [-0.1, -0.05) is 41.6 Å². The van der Waals surface area contributed by atoms with Crippen LogP contribution in [-0.2, 0) is 30.4 Å². The quantitative estimate of drug-likeness (QED) is 0.198. The zero-order chi connectivity index (χ0) is 32.7. The minimum atomic E-state index is -4.16. The molecule has 0 heterocycles. The molecule has 0 unspecified atom stereocenters. The summed E-state index contributed by atoms with van der Waals surface area (Å²) >= 11 is 5.44. The minimum absolute atomic E-state index is 0.0212. The molecule has 0 spiro atoms. The molecule has 0 aromatic heterocycles. The highest BCUT2D eigenvalue weighted by Gasteiger charge is 2.27. The predicted octanol–water partition coefficient (Wildman–Crippen LogP) is 4.19. The van der Waals surface area contributed by atoms with Gasteiger partial charge >= 0.3 is 30.4 Å². The first-order chi connectivity index (χ1) is 20.5. The molecule has 0 amide bonds. The highest BCUT2D eigenvalue weighted by molar-refractivity contribution is 7.86. The highest BCUT2D eigenvalue weighted by Crippen LogP contribution is 2.51. The Hall–Kier alpha value is -4.10. The molecule has 0 N–H and O–H groups in total. The van der Waals surface area contributed by atoms with Gasteiger partial charge in [0, 0.05) is 11.1 Å². The normalized spacial score (nSPS) is 11.8. The van der Waals surface area contributed by atoms with Gasteiger partial charge in [-0.3, -0.25) is 0 Å². The molecule has 0 saturated heterocycles. The summed E-state index contributed by atoms with van der Waals surface area (Å²) in [5, 5.41) is 0. The number of ether oxygens (including phenoxy) is 3. The molecule has 0 radical (unpaired) electrons. The summed E-state index contributed by atoms with van der Waals surface area (Å²) in [6, 6.07) is 11.6. The Morgan fingerprint density at radius 3 is 1.86 bits per heavy atom. The molecule has 3 aromatic carbocycles. The third kappa shape index (κ3) is 9.71. The first-order valence-corrected chi connectivity index (χ1v) is 18.0. The molecule has 0 aliphatic heterocycles. The van der Waals surface area contributed by atoms with Crippen LogP contribution < -0.4 is 26.8 Å². The molecule has 0 aliphatic carbocycles. The molecule has 3 rings (SSSR count). The smallest absolute Gasteiger partial charge is 0.306 e. The summed E-state index contributed by atoms with van der Waals surface area (Å²) in [7, 11) is -9.34. The number of benzene rings is 3. The molecule has 0 atom stereocenters. The van der Waals surface area contributed by atoms with E-state index < -0.39 is 30.4 Å². The predicted molar refractivity (Wildman–Crippen MR) is 165 cm³/mol. The van der Waals surface area contributed by atoms with E-state index in [1.807, 2.05) is 0 Å².